The van der Waals surface area contributed by atoms with Gasteiger partial charge in [0.1, 0.15) is 0 Å². The van der Waals surface area contributed by atoms with Crippen molar-refractivity contribution in [3.8, 4) is 0 Å². The van der Waals surface area contributed by atoms with E-state index in [0.29, 0.717) is 18.9 Å². The van der Waals surface area contributed by atoms with Gasteiger partial charge in [0.2, 0.25) is 0 Å². The fraction of sp³-hybridized carbons (Fsp3) is 0.500. The average molecular weight is 239 g/mol. The molecule has 4 heteroatoms. The molecule has 0 aliphatic carbocycles. The standard InChI is InChI=1S/C12H17NO2S/c1-9-2-3-12(11(13)8-9)16(14)10-4-6-15-7-5-10/h2-3,8,10H,4-7,13H2,1H3. The number of nitrogen functional groups attached to an aromatic ring is 1. The van der Waals surface area contributed by atoms with E-state index in [-0.39, 0.29) is 5.25 Å². The number of nitrogens with two attached hydrogens (primary N) is 1. The molecule has 3 nitrogen and oxygen atoms in total. The Kier molecular flexibility index (Phi) is 3.61. The predicted octanol–water partition coefficient (Wildman–Crippen LogP) is 1.86. The Balaban J connectivity index is 2.19. The SMILES string of the molecule is Cc1ccc(S(=O)C2CCOCC2)c(N)c1. The molecule has 1 atom stereocenters. The van der Waals surface area contributed by atoms with Crippen LogP contribution in [0, 0.1) is 6.92 Å². The zero-order valence-corrected chi connectivity index (χ0v) is 10.3. The van der Waals surface area contributed by atoms with E-state index in [0.717, 1.165) is 23.3 Å². The van der Waals surface area contributed by atoms with Crippen molar-refractivity contribution in [2.75, 3.05) is 18.9 Å². The van der Waals surface area contributed by atoms with Crippen molar-refractivity contribution in [2.24, 2.45) is 0 Å². The van der Waals surface area contributed by atoms with Gasteiger partial charge in [0.05, 0.1) is 15.7 Å². The van der Waals surface area contributed by atoms with Crippen molar-refractivity contribution in [1.82, 2.24) is 0 Å². The lowest BCUT2D eigenvalue weighted by atomic mass is 10.2. The molecule has 1 aliphatic rings. The van der Waals surface area contributed by atoms with E-state index in [1.807, 2.05) is 25.1 Å². The van der Waals surface area contributed by atoms with Gasteiger partial charge in [-0.05, 0) is 37.5 Å². The molecule has 0 bridgehead atoms. The van der Waals surface area contributed by atoms with Crippen LogP contribution in [0.5, 0.6) is 0 Å². The van der Waals surface area contributed by atoms with Crippen LogP contribution in [0.4, 0.5) is 5.69 Å². The summed E-state index contributed by atoms with van der Waals surface area (Å²) in [6, 6.07) is 5.73. The molecule has 1 saturated heterocycles. The van der Waals surface area contributed by atoms with Crippen molar-refractivity contribution in [2.45, 2.75) is 29.9 Å². The zero-order chi connectivity index (χ0) is 11.5. The number of benzene rings is 1. The summed E-state index contributed by atoms with van der Waals surface area (Å²) in [7, 11) is -0.995. The molecule has 2 N–H and O–H groups in total. The van der Waals surface area contributed by atoms with Gasteiger partial charge in [0.15, 0.2) is 0 Å². The van der Waals surface area contributed by atoms with Crippen LogP contribution in [0.2, 0.25) is 0 Å². The van der Waals surface area contributed by atoms with Crippen LogP contribution in [0.15, 0.2) is 23.1 Å². The number of ether oxygens (including phenoxy) is 1. The van der Waals surface area contributed by atoms with Crippen LogP contribution >= 0.6 is 0 Å². The van der Waals surface area contributed by atoms with Crippen LogP contribution in [0.3, 0.4) is 0 Å². The number of hydrogen-bond donors (Lipinski definition) is 1. The first-order chi connectivity index (χ1) is 7.68. The third kappa shape index (κ3) is 2.44. The molecule has 16 heavy (non-hydrogen) atoms. The second-order valence-corrected chi connectivity index (χ2v) is 5.85. The number of hydrogen-bond acceptors (Lipinski definition) is 3. The van der Waals surface area contributed by atoms with Crippen molar-refractivity contribution < 1.29 is 8.95 Å². The molecular weight excluding hydrogens is 222 g/mol. The largest absolute Gasteiger partial charge is 0.398 e. The van der Waals surface area contributed by atoms with Gasteiger partial charge in [-0.25, -0.2) is 0 Å². The van der Waals surface area contributed by atoms with Gasteiger partial charge < -0.3 is 10.5 Å². The first-order valence-electron chi connectivity index (χ1n) is 5.53. The Bertz CT molecular complexity index is 400. The van der Waals surface area contributed by atoms with Crippen molar-refractivity contribution in [3.63, 3.8) is 0 Å². The molecule has 0 spiro atoms. The van der Waals surface area contributed by atoms with E-state index < -0.39 is 10.8 Å². The Morgan fingerprint density at radius 1 is 1.38 bits per heavy atom. The Hall–Kier alpha value is -0.870. The van der Waals surface area contributed by atoms with Crippen LogP contribution in [0.1, 0.15) is 18.4 Å². The van der Waals surface area contributed by atoms with Crippen LogP contribution in [-0.2, 0) is 15.5 Å². The third-order valence-electron chi connectivity index (χ3n) is 2.85. The first-order valence-corrected chi connectivity index (χ1v) is 6.74. The van der Waals surface area contributed by atoms with Crippen LogP contribution in [0.25, 0.3) is 0 Å². The number of rotatable bonds is 2. The molecule has 2 rings (SSSR count). The third-order valence-corrected chi connectivity index (χ3v) is 4.74. The second-order valence-electron chi connectivity index (χ2n) is 4.15. The maximum Gasteiger partial charge on any atom is 0.0620 e. The highest BCUT2D eigenvalue weighted by molar-refractivity contribution is 7.85. The molecule has 88 valence electrons. The average Bonchev–Trinajstić information content (AvgIpc) is 2.29. The zero-order valence-electron chi connectivity index (χ0n) is 9.44. The highest BCUT2D eigenvalue weighted by atomic mass is 32.2. The summed E-state index contributed by atoms with van der Waals surface area (Å²) in [5.41, 5.74) is 7.65. The van der Waals surface area contributed by atoms with Gasteiger partial charge >= 0.3 is 0 Å². The quantitative estimate of drug-likeness (QED) is 0.801. The Morgan fingerprint density at radius 2 is 2.06 bits per heavy atom. The summed E-state index contributed by atoms with van der Waals surface area (Å²) >= 11 is 0. The normalized spacial score (nSPS) is 19.6. The summed E-state index contributed by atoms with van der Waals surface area (Å²) in [5.74, 6) is 0. The summed E-state index contributed by atoms with van der Waals surface area (Å²) in [6.45, 7) is 3.40. The monoisotopic (exact) mass is 239 g/mol. The van der Waals surface area contributed by atoms with E-state index >= 15 is 0 Å². The highest BCUT2D eigenvalue weighted by Gasteiger charge is 2.22. The Morgan fingerprint density at radius 3 is 2.69 bits per heavy atom. The summed E-state index contributed by atoms with van der Waals surface area (Å²) in [6.07, 6.45) is 1.72. The summed E-state index contributed by atoms with van der Waals surface area (Å²) < 4.78 is 17.6. The highest BCUT2D eigenvalue weighted by Crippen LogP contribution is 2.24. The van der Waals surface area contributed by atoms with Crippen molar-refractivity contribution >= 4 is 16.5 Å². The molecule has 1 aromatic carbocycles. The van der Waals surface area contributed by atoms with Gasteiger partial charge in [0, 0.05) is 24.2 Å². The first kappa shape index (κ1) is 11.6. The van der Waals surface area contributed by atoms with E-state index in [9.17, 15) is 4.21 Å². The molecule has 0 amide bonds. The van der Waals surface area contributed by atoms with E-state index in [1.165, 1.54) is 0 Å². The van der Waals surface area contributed by atoms with E-state index in [2.05, 4.69) is 0 Å². The number of anilines is 1. The van der Waals surface area contributed by atoms with Crippen LogP contribution < -0.4 is 5.73 Å². The van der Waals surface area contributed by atoms with Gasteiger partial charge in [0.25, 0.3) is 0 Å². The van der Waals surface area contributed by atoms with Gasteiger partial charge in [-0.15, -0.1) is 0 Å². The maximum atomic E-state index is 12.3. The minimum atomic E-state index is -0.995. The minimum absolute atomic E-state index is 0.193. The lowest BCUT2D eigenvalue weighted by Gasteiger charge is -2.22. The van der Waals surface area contributed by atoms with E-state index in [1.54, 1.807) is 0 Å². The smallest absolute Gasteiger partial charge is 0.0620 e. The molecule has 1 aromatic rings. The number of aryl methyl sites for hydroxylation is 1. The van der Waals surface area contributed by atoms with Crippen molar-refractivity contribution in [1.29, 1.82) is 0 Å². The molecule has 0 radical (unpaired) electrons. The van der Waals surface area contributed by atoms with Gasteiger partial charge in [-0.3, -0.25) is 4.21 Å². The Labute approximate surface area is 98.4 Å². The lowest BCUT2D eigenvalue weighted by Crippen LogP contribution is -2.25. The topological polar surface area (TPSA) is 52.3 Å². The molecular formula is C12H17NO2S. The fourth-order valence-corrected chi connectivity index (χ4v) is 3.39. The molecule has 1 aliphatic heterocycles. The molecule has 1 fully saturated rings. The fourth-order valence-electron chi connectivity index (χ4n) is 1.92. The van der Waals surface area contributed by atoms with E-state index in [4.69, 9.17) is 10.5 Å². The second kappa shape index (κ2) is 4.97. The minimum Gasteiger partial charge on any atom is -0.398 e. The lowest BCUT2D eigenvalue weighted by molar-refractivity contribution is 0.0992. The molecule has 1 unspecified atom stereocenters. The van der Waals surface area contributed by atoms with Gasteiger partial charge in [-0.1, -0.05) is 6.07 Å². The predicted molar refractivity (Wildman–Crippen MR) is 65.8 cm³/mol. The van der Waals surface area contributed by atoms with Crippen LogP contribution in [-0.4, -0.2) is 22.7 Å². The summed E-state index contributed by atoms with van der Waals surface area (Å²) in [5, 5.41) is 0.193. The molecule has 0 saturated carbocycles. The molecule has 0 aromatic heterocycles. The molecule has 1 heterocycles. The van der Waals surface area contributed by atoms with Crippen molar-refractivity contribution in [3.05, 3.63) is 23.8 Å². The summed E-state index contributed by atoms with van der Waals surface area (Å²) in [4.78, 5) is 0.775. The van der Waals surface area contributed by atoms with Gasteiger partial charge in [-0.2, -0.15) is 0 Å². The maximum absolute atomic E-state index is 12.3.